The Morgan fingerprint density at radius 2 is 2.25 bits per heavy atom. The monoisotopic (exact) mass is 327 g/mol. The standard InChI is InChI=1S/C18H25N5O/c1-12(2)17-20-18(22-21-17)15-6-4-5-9-23(15)16(24)10-14-7-8-19-11-13(14)3/h7-8,11-12,15H,4-6,9-10H2,1-3H3,(H,20,21,22)/t15-/m0/s1. The van der Waals surface area contributed by atoms with Gasteiger partial charge in [0.25, 0.3) is 0 Å². The molecule has 1 aliphatic rings. The van der Waals surface area contributed by atoms with Gasteiger partial charge in [-0.2, -0.15) is 5.10 Å². The van der Waals surface area contributed by atoms with Crippen LogP contribution in [0.1, 0.15) is 67.8 Å². The summed E-state index contributed by atoms with van der Waals surface area (Å²) in [6, 6.07) is 1.94. The molecule has 2 aromatic rings. The van der Waals surface area contributed by atoms with Crippen LogP contribution in [0.25, 0.3) is 0 Å². The van der Waals surface area contributed by atoms with Gasteiger partial charge in [-0.3, -0.25) is 14.9 Å². The van der Waals surface area contributed by atoms with Gasteiger partial charge in [0.05, 0.1) is 12.5 Å². The van der Waals surface area contributed by atoms with Crippen molar-refractivity contribution in [3.63, 3.8) is 0 Å². The van der Waals surface area contributed by atoms with Gasteiger partial charge in [0.15, 0.2) is 5.82 Å². The van der Waals surface area contributed by atoms with E-state index in [0.29, 0.717) is 6.42 Å². The van der Waals surface area contributed by atoms with Gasteiger partial charge in [-0.25, -0.2) is 4.98 Å². The lowest BCUT2D eigenvalue weighted by Crippen LogP contribution is -2.40. The van der Waals surface area contributed by atoms with E-state index < -0.39 is 0 Å². The molecule has 0 aromatic carbocycles. The molecule has 24 heavy (non-hydrogen) atoms. The maximum Gasteiger partial charge on any atom is 0.227 e. The lowest BCUT2D eigenvalue weighted by molar-refractivity contribution is -0.134. The van der Waals surface area contributed by atoms with Gasteiger partial charge in [-0.15, -0.1) is 0 Å². The van der Waals surface area contributed by atoms with E-state index in [2.05, 4.69) is 34.0 Å². The highest BCUT2D eigenvalue weighted by molar-refractivity contribution is 5.79. The summed E-state index contributed by atoms with van der Waals surface area (Å²) in [6.45, 7) is 6.92. The Balaban J connectivity index is 1.78. The maximum atomic E-state index is 12.9. The summed E-state index contributed by atoms with van der Waals surface area (Å²) in [4.78, 5) is 23.6. The molecule has 2 aromatic heterocycles. The second-order valence-electron chi connectivity index (χ2n) is 6.81. The number of carbonyl (C=O) groups is 1. The van der Waals surface area contributed by atoms with Crippen molar-refractivity contribution in [1.29, 1.82) is 0 Å². The van der Waals surface area contributed by atoms with Crippen molar-refractivity contribution in [3.8, 4) is 0 Å². The number of nitrogens with one attached hydrogen (secondary N) is 1. The third-order valence-electron chi connectivity index (χ3n) is 4.65. The first-order chi connectivity index (χ1) is 11.6. The summed E-state index contributed by atoms with van der Waals surface area (Å²) in [5, 5.41) is 7.35. The molecule has 3 heterocycles. The highest BCUT2D eigenvalue weighted by atomic mass is 16.2. The van der Waals surface area contributed by atoms with E-state index in [1.807, 2.05) is 24.1 Å². The summed E-state index contributed by atoms with van der Waals surface area (Å²) < 4.78 is 0. The maximum absolute atomic E-state index is 12.9. The van der Waals surface area contributed by atoms with Crippen LogP contribution in [0.15, 0.2) is 18.5 Å². The van der Waals surface area contributed by atoms with Crippen LogP contribution in [0, 0.1) is 6.92 Å². The minimum absolute atomic E-state index is 0.00777. The Morgan fingerprint density at radius 1 is 1.42 bits per heavy atom. The number of nitrogens with zero attached hydrogens (tertiary/aromatic N) is 4. The van der Waals surface area contributed by atoms with E-state index in [9.17, 15) is 4.79 Å². The predicted molar refractivity (Wildman–Crippen MR) is 91.5 cm³/mol. The molecule has 1 aliphatic heterocycles. The molecule has 1 N–H and O–H groups in total. The summed E-state index contributed by atoms with van der Waals surface area (Å²) in [5.41, 5.74) is 2.10. The first-order valence-corrected chi connectivity index (χ1v) is 8.67. The van der Waals surface area contributed by atoms with E-state index in [1.165, 1.54) is 0 Å². The Kier molecular flexibility index (Phi) is 4.92. The summed E-state index contributed by atoms with van der Waals surface area (Å²) in [6.07, 6.45) is 7.06. The van der Waals surface area contributed by atoms with E-state index in [0.717, 1.165) is 48.6 Å². The van der Waals surface area contributed by atoms with Crippen LogP contribution >= 0.6 is 0 Å². The Labute approximate surface area is 142 Å². The topological polar surface area (TPSA) is 74.8 Å². The molecule has 0 spiro atoms. The van der Waals surface area contributed by atoms with Crippen molar-refractivity contribution in [1.82, 2.24) is 25.1 Å². The van der Waals surface area contributed by atoms with Crippen LogP contribution in [-0.4, -0.2) is 37.5 Å². The van der Waals surface area contributed by atoms with Crippen LogP contribution in [0.3, 0.4) is 0 Å². The largest absolute Gasteiger partial charge is 0.332 e. The fraction of sp³-hybridized carbons (Fsp3) is 0.556. The molecule has 6 nitrogen and oxygen atoms in total. The number of hydrogen-bond acceptors (Lipinski definition) is 4. The van der Waals surface area contributed by atoms with E-state index in [-0.39, 0.29) is 17.9 Å². The third-order valence-corrected chi connectivity index (χ3v) is 4.65. The molecule has 0 saturated carbocycles. The number of aromatic nitrogens is 4. The van der Waals surface area contributed by atoms with Crippen LogP contribution < -0.4 is 0 Å². The molecule has 3 rings (SSSR count). The number of aryl methyl sites for hydroxylation is 1. The number of H-pyrrole nitrogens is 1. The Bertz CT molecular complexity index is 709. The van der Waals surface area contributed by atoms with Gasteiger partial charge in [0.2, 0.25) is 5.91 Å². The Morgan fingerprint density at radius 3 is 2.96 bits per heavy atom. The number of carbonyl (C=O) groups excluding carboxylic acids is 1. The van der Waals surface area contributed by atoms with Crippen LogP contribution in [0.2, 0.25) is 0 Å². The predicted octanol–water partition coefficient (Wildman–Crippen LogP) is 2.93. The zero-order chi connectivity index (χ0) is 17.1. The third kappa shape index (κ3) is 3.47. The highest BCUT2D eigenvalue weighted by Crippen LogP contribution is 2.30. The highest BCUT2D eigenvalue weighted by Gasteiger charge is 2.30. The summed E-state index contributed by atoms with van der Waals surface area (Å²) >= 11 is 0. The number of likely N-dealkylation sites (tertiary alicyclic amines) is 1. The van der Waals surface area contributed by atoms with Gasteiger partial charge in [-0.1, -0.05) is 13.8 Å². The average molecular weight is 327 g/mol. The molecule has 1 saturated heterocycles. The number of piperidine rings is 1. The van der Waals surface area contributed by atoms with Crippen molar-refractivity contribution in [2.24, 2.45) is 0 Å². The second-order valence-corrected chi connectivity index (χ2v) is 6.81. The SMILES string of the molecule is Cc1cnccc1CC(=O)N1CCCC[C@H]1c1nc(C(C)C)n[nH]1. The molecule has 1 amide bonds. The molecule has 0 bridgehead atoms. The molecule has 0 aliphatic carbocycles. The lowest BCUT2D eigenvalue weighted by Gasteiger charge is -2.34. The molecule has 6 heteroatoms. The minimum atomic E-state index is 0.00777. The molecule has 128 valence electrons. The normalized spacial score (nSPS) is 18.2. The van der Waals surface area contributed by atoms with Crippen molar-refractivity contribution >= 4 is 5.91 Å². The molecule has 0 radical (unpaired) electrons. The molecule has 1 atom stereocenters. The average Bonchev–Trinajstić information content (AvgIpc) is 3.07. The van der Waals surface area contributed by atoms with Gasteiger partial charge >= 0.3 is 0 Å². The summed E-state index contributed by atoms with van der Waals surface area (Å²) in [7, 11) is 0. The van der Waals surface area contributed by atoms with Crippen LogP contribution in [0.5, 0.6) is 0 Å². The first-order valence-electron chi connectivity index (χ1n) is 8.67. The van der Waals surface area contributed by atoms with Crippen molar-refractivity contribution in [2.75, 3.05) is 6.54 Å². The number of aromatic amines is 1. The van der Waals surface area contributed by atoms with Gasteiger partial charge < -0.3 is 4.90 Å². The van der Waals surface area contributed by atoms with Crippen LogP contribution in [0.4, 0.5) is 0 Å². The van der Waals surface area contributed by atoms with Crippen molar-refractivity contribution < 1.29 is 4.79 Å². The quantitative estimate of drug-likeness (QED) is 0.937. The summed E-state index contributed by atoms with van der Waals surface area (Å²) in [5.74, 6) is 2.06. The fourth-order valence-electron chi connectivity index (χ4n) is 3.17. The first kappa shape index (κ1) is 16.6. The van der Waals surface area contributed by atoms with Crippen molar-refractivity contribution in [2.45, 2.75) is 58.4 Å². The molecular formula is C18H25N5O. The van der Waals surface area contributed by atoms with Gasteiger partial charge in [0.1, 0.15) is 5.82 Å². The molecular weight excluding hydrogens is 302 g/mol. The van der Waals surface area contributed by atoms with Gasteiger partial charge in [-0.05, 0) is 43.4 Å². The second kappa shape index (κ2) is 7.11. The minimum Gasteiger partial charge on any atom is -0.332 e. The fourth-order valence-corrected chi connectivity index (χ4v) is 3.17. The lowest BCUT2D eigenvalue weighted by atomic mass is 9.99. The molecule has 1 fully saturated rings. The number of hydrogen-bond donors (Lipinski definition) is 1. The smallest absolute Gasteiger partial charge is 0.227 e. The van der Waals surface area contributed by atoms with E-state index >= 15 is 0 Å². The number of amides is 1. The number of pyridine rings is 1. The zero-order valence-electron chi connectivity index (χ0n) is 14.6. The number of rotatable bonds is 4. The van der Waals surface area contributed by atoms with Crippen molar-refractivity contribution in [3.05, 3.63) is 41.2 Å². The van der Waals surface area contributed by atoms with E-state index in [1.54, 1.807) is 6.20 Å². The Hall–Kier alpha value is -2.24. The van der Waals surface area contributed by atoms with E-state index in [4.69, 9.17) is 0 Å². The zero-order valence-corrected chi connectivity index (χ0v) is 14.6. The van der Waals surface area contributed by atoms with Gasteiger partial charge in [0, 0.05) is 24.9 Å². The molecule has 0 unspecified atom stereocenters. The van der Waals surface area contributed by atoms with Crippen LogP contribution in [-0.2, 0) is 11.2 Å².